The lowest BCUT2D eigenvalue weighted by Crippen LogP contribution is -2.41. The fourth-order valence-electron chi connectivity index (χ4n) is 1.95. The summed E-state index contributed by atoms with van der Waals surface area (Å²) in [7, 11) is 0.699. The van der Waals surface area contributed by atoms with E-state index >= 15 is 0 Å². The van der Waals surface area contributed by atoms with Crippen LogP contribution in [0.1, 0.15) is 43.9 Å². The van der Waals surface area contributed by atoms with Crippen LogP contribution in [0.4, 0.5) is 0 Å². The molecule has 0 unspecified atom stereocenters. The highest BCUT2D eigenvalue weighted by Crippen LogP contribution is 2.36. The number of methoxy groups -OCH3 is 1. The number of aryl methyl sites for hydroxylation is 1. The molecule has 0 atom stereocenters. The van der Waals surface area contributed by atoms with Crippen molar-refractivity contribution in [2.24, 2.45) is 0 Å². The van der Waals surface area contributed by atoms with E-state index in [-0.39, 0.29) is 5.69 Å². The van der Waals surface area contributed by atoms with Gasteiger partial charge in [0.1, 0.15) is 5.69 Å². The summed E-state index contributed by atoms with van der Waals surface area (Å²) in [6, 6.07) is 0. The summed E-state index contributed by atoms with van der Waals surface area (Å²) in [6.45, 7) is 9.63. The Bertz CT molecular complexity index is 494. The van der Waals surface area contributed by atoms with Crippen LogP contribution in [0.25, 0.3) is 0 Å². The second-order valence-corrected chi connectivity index (χ2v) is 5.68. The van der Waals surface area contributed by atoms with Gasteiger partial charge < -0.3 is 14.0 Å². The molecule has 19 heavy (non-hydrogen) atoms. The van der Waals surface area contributed by atoms with Crippen molar-refractivity contribution in [2.45, 2.75) is 45.8 Å². The van der Waals surface area contributed by atoms with Gasteiger partial charge >= 0.3 is 13.1 Å². The molecule has 7 heteroatoms. The smallest absolute Gasteiger partial charge is 0.464 e. The van der Waals surface area contributed by atoms with Crippen LogP contribution in [-0.2, 0) is 14.0 Å². The minimum atomic E-state index is -0.627. The molecular formula is C12H19BN2O4. The molecule has 0 spiro atoms. The lowest BCUT2D eigenvalue weighted by molar-refractivity contribution is 0.00578. The van der Waals surface area contributed by atoms with Crippen LogP contribution in [-0.4, -0.2) is 41.6 Å². The Hall–Kier alpha value is -1.34. The van der Waals surface area contributed by atoms with Crippen LogP contribution in [0.3, 0.4) is 0 Å². The Balaban J connectivity index is 2.40. The van der Waals surface area contributed by atoms with E-state index in [2.05, 4.69) is 10.2 Å². The SMILES string of the molecule is COC(=O)c1[nH]nc(C)c1B1OC(C)(C)C(C)(C)O1. The lowest BCUT2D eigenvalue weighted by atomic mass is 9.77. The first kappa shape index (κ1) is 14.1. The fourth-order valence-corrected chi connectivity index (χ4v) is 1.95. The Morgan fingerprint density at radius 3 is 2.26 bits per heavy atom. The lowest BCUT2D eigenvalue weighted by Gasteiger charge is -2.32. The number of hydrogen-bond donors (Lipinski definition) is 1. The maximum atomic E-state index is 11.7. The Morgan fingerprint density at radius 2 is 1.79 bits per heavy atom. The first-order valence-electron chi connectivity index (χ1n) is 6.18. The normalized spacial score (nSPS) is 20.6. The average Bonchev–Trinajstić information content (AvgIpc) is 2.76. The number of rotatable bonds is 2. The number of esters is 1. The molecule has 6 nitrogen and oxygen atoms in total. The number of nitrogens with zero attached hydrogens (tertiary/aromatic N) is 1. The highest BCUT2D eigenvalue weighted by Gasteiger charge is 2.53. The van der Waals surface area contributed by atoms with Gasteiger partial charge in [0.05, 0.1) is 24.0 Å². The van der Waals surface area contributed by atoms with E-state index in [1.807, 2.05) is 27.7 Å². The van der Waals surface area contributed by atoms with Gasteiger partial charge in [0.15, 0.2) is 0 Å². The first-order chi connectivity index (χ1) is 8.69. The van der Waals surface area contributed by atoms with Crippen molar-refractivity contribution in [3.63, 3.8) is 0 Å². The van der Waals surface area contributed by atoms with Gasteiger partial charge in [-0.15, -0.1) is 0 Å². The summed E-state index contributed by atoms with van der Waals surface area (Å²) >= 11 is 0. The van der Waals surface area contributed by atoms with E-state index in [4.69, 9.17) is 14.0 Å². The molecular weight excluding hydrogens is 247 g/mol. The van der Waals surface area contributed by atoms with Crippen molar-refractivity contribution < 1.29 is 18.8 Å². The van der Waals surface area contributed by atoms with Crippen molar-refractivity contribution in [1.29, 1.82) is 0 Å². The van der Waals surface area contributed by atoms with Crippen LogP contribution < -0.4 is 5.46 Å². The third kappa shape index (κ3) is 2.17. The van der Waals surface area contributed by atoms with Gasteiger partial charge in [-0.05, 0) is 34.6 Å². The molecule has 0 saturated carbocycles. The molecule has 0 aromatic carbocycles. The van der Waals surface area contributed by atoms with E-state index in [0.29, 0.717) is 11.2 Å². The predicted octanol–water partition coefficient (Wildman–Crippen LogP) is 0.804. The molecule has 0 aliphatic carbocycles. The summed E-state index contributed by atoms with van der Waals surface area (Å²) in [5.74, 6) is -0.481. The highest BCUT2D eigenvalue weighted by molar-refractivity contribution is 6.64. The zero-order valence-corrected chi connectivity index (χ0v) is 12.2. The summed E-state index contributed by atoms with van der Waals surface area (Å²) in [4.78, 5) is 11.7. The van der Waals surface area contributed by atoms with E-state index in [0.717, 1.165) is 0 Å². The minimum Gasteiger partial charge on any atom is -0.464 e. The standard InChI is InChI=1S/C12H19BN2O4/c1-7-8(9(15-14-7)10(16)17-6)13-18-11(2,3)12(4,5)19-13/h1-6H3,(H,14,15). The second-order valence-electron chi connectivity index (χ2n) is 5.68. The number of carbonyl (C=O) groups excluding carboxylic acids is 1. The van der Waals surface area contributed by atoms with Gasteiger partial charge in [-0.3, -0.25) is 5.10 Å². The van der Waals surface area contributed by atoms with Crippen LogP contribution in [0.5, 0.6) is 0 Å². The molecule has 1 aromatic heterocycles. The van der Waals surface area contributed by atoms with Crippen LogP contribution in [0.2, 0.25) is 0 Å². The molecule has 1 aliphatic rings. The highest BCUT2D eigenvalue weighted by atomic mass is 16.7. The third-order valence-electron chi connectivity index (χ3n) is 3.87. The molecule has 1 fully saturated rings. The maximum absolute atomic E-state index is 11.7. The van der Waals surface area contributed by atoms with Crippen molar-refractivity contribution in [2.75, 3.05) is 7.11 Å². The summed E-state index contributed by atoms with van der Waals surface area (Å²) in [5.41, 5.74) is 0.617. The average molecular weight is 266 g/mol. The largest absolute Gasteiger partial charge is 0.499 e. The first-order valence-corrected chi connectivity index (χ1v) is 6.18. The molecule has 1 aromatic rings. The summed E-state index contributed by atoms with van der Waals surface area (Å²) in [6.07, 6.45) is 0. The number of hydrogen-bond acceptors (Lipinski definition) is 5. The van der Waals surface area contributed by atoms with Gasteiger partial charge in [0.25, 0.3) is 0 Å². The van der Waals surface area contributed by atoms with Crippen LogP contribution in [0, 0.1) is 6.92 Å². The van der Waals surface area contributed by atoms with Gasteiger partial charge in [0, 0.05) is 5.46 Å². The van der Waals surface area contributed by atoms with E-state index in [9.17, 15) is 4.79 Å². The Morgan fingerprint density at radius 1 is 1.26 bits per heavy atom. The van der Waals surface area contributed by atoms with Crippen LogP contribution in [0.15, 0.2) is 0 Å². The van der Waals surface area contributed by atoms with Crippen molar-refractivity contribution in [3.8, 4) is 0 Å². The summed E-state index contributed by atoms with van der Waals surface area (Å²) in [5, 5.41) is 6.71. The van der Waals surface area contributed by atoms with Gasteiger partial charge in [-0.25, -0.2) is 4.79 Å². The third-order valence-corrected chi connectivity index (χ3v) is 3.87. The number of nitrogens with one attached hydrogen (secondary N) is 1. The second kappa shape index (κ2) is 4.35. The number of ether oxygens (including phenoxy) is 1. The molecule has 104 valence electrons. The number of carbonyl (C=O) groups is 1. The number of aromatic nitrogens is 2. The molecule has 1 N–H and O–H groups in total. The van der Waals surface area contributed by atoms with E-state index in [1.165, 1.54) is 7.11 Å². The Labute approximate surface area is 113 Å². The van der Waals surface area contributed by atoms with Crippen LogP contribution >= 0.6 is 0 Å². The quantitative estimate of drug-likeness (QED) is 0.633. The van der Waals surface area contributed by atoms with Gasteiger partial charge in [0.2, 0.25) is 0 Å². The molecule has 2 heterocycles. The molecule has 0 amide bonds. The number of aromatic amines is 1. The minimum absolute atomic E-state index is 0.276. The van der Waals surface area contributed by atoms with Crippen molar-refractivity contribution >= 4 is 18.6 Å². The Kier molecular flexibility index (Phi) is 3.22. The number of H-pyrrole nitrogens is 1. The van der Waals surface area contributed by atoms with Crippen molar-refractivity contribution in [1.82, 2.24) is 10.2 Å². The summed E-state index contributed by atoms with van der Waals surface area (Å²) < 4.78 is 16.6. The van der Waals surface area contributed by atoms with Gasteiger partial charge in [-0.2, -0.15) is 5.10 Å². The van der Waals surface area contributed by atoms with E-state index < -0.39 is 24.3 Å². The molecule has 0 radical (unpaired) electrons. The monoisotopic (exact) mass is 266 g/mol. The zero-order chi connectivity index (χ0) is 14.4. The van der Waals surface area contributed by atoms with Crippen molar-refractivity contribution in [3.05, 3.63) is 11.4 Å². The maximum Gasteiger partial charge on any atom is 0.499 e. The van der Waals surface area contributed by atoms with E-state index in [1.54, 1.807) is 6.92 Å². The molecule has 2 rings (SSSR count). The van der Waals surface area contributed by atoms with Gasteiger partial charge in [-0.1, -0.05) is 0 Å². The topological polar surface area (TPSA) is 73.4 Å². The zero-order valence-electron chi connectivity index (χ0n) is 12.2. The molecule has 1 saturated heterocycles. The molecule has 1 aliphatic heterocycles. The fraction of sp³-hybridized carbons (Fsp3) is 0.667. The predicted molar refractivity (Wildman–Crippen MR) is 70.4 cm³/mol. The molecule has 0 bridgehead atoms.